The molecule has 0 radical (unpaired) electrons. The van der Waals surface area contributed by atoms with Crippen LogP contribution in [-0.4, -0.2) is 28.3 Å². The summed E-state index contributed by atoms with van der Waals surface area (Å²) in [6.45, 7) is 4.90. The van der Waals surface area contributed by atoms with E-state index < -0.39 is 0 Å². The van der Waals surface area contributed by atoms with Crippen LogP contribution in [-0.2, 0) is 17.0 Å². The Labute approximate surface area is 138 Å². The Hall–Kier alpha value is -1.27. The van der Waals surface area contributed by atoms with Crippen molar-refractivity contribution in [2.24, 2.45) is 0 Å². The van der Waals surface area contributed by atoms with Crippen molar-refractivity contribution < 1.29 is 9.32 Å². The number of amides is 1. The number of thiophene rings is 1. The molecule has 0 saturated heterocycles. The van der Waals surface area contributed by atoms with Crippen molar-refractivity contribution in [2.75, 3.05) is 12.3 Å². The summed E-state index contributed by atoms with van der Waals surface area (Å²) in [6, 6.07) is 4.35. The molecular formula is C16H20N2O2S2. The van der Waals surface area contributed by atoms with Crippen molar-refractivity contribution in [1.29, 1.82) is 0 Å². The number of hydrogen-bond donors (Lipinski definition) is 0. The van der Waals surface area contributed by atoms with Gasteiger partial charge in [-0.2, -0.15) is 0 Å². The molecule has 0 spiro atoms. The van der Waals surface area contributed by atoms with Gasteiger partial charge < -0.3 is 9.42 Å². The fourth-order valence-electron chi connectivity index (χ4n) is 2.94. The Bertz CT molecular complexity index is 650. The predicted molar refractivity (Wildman–Crippen MR) is 90.2 cm³/mol. The number of aromatic nitrogens is 1. The summed E-state index contributed by atoms with van der Waals surface area (Å²) in [5, 5.41) is 6.01. The second-order valence-corrected chi connectivity index (χ2v) is 7.47. The van der Waals surface area contributed by atoms with Crippen molar-refractivity contribution in [1.82, 2.24) is 10.1 Å². The molecule has 0 aromatic carbocycles. The maximum atomic E-state index is 12.6. The van der Waals surface area contributed by atoms with E-state index in [4.69, 9.17) is 4.52 Å². The molecule has 1 aliphatic heterocycles. The van der Waals surface area contributed by atoms with Crippen LogP contribution in [0, 0.1) is 6.92 Å². The molecule has 1 atom stereocenters. The molecule has 1 aliphatic rings. The number of fused-ring (bicyclic) bond motifs is 1. The average Bonchev–Trinajstić information content (AvgIpc) is 3.14. The molecule has 0 fully saturated rings. The quantitative estimate of drug-likeness (QED) is 0.833. The SMILES string of the molecule is CCC1c2ccsc2CCN1C(=O)CSCc1cc(C)no1. The monoisotopic (exact) mass is 336 g/mol. The summed E-state index contributed by atoms with van der Waals surface area (Å²) in [6.07, 6.45) is 1.96. The molecule has 1 amide bonds. The number of rotatable bonds is 5. The van der Waals surface area contributed by atoms with Crippen LogP contribution in [0.5, 0.6) is 0 Å². The van der Waals surface area contributed by atoms with Gasteiger partial charge >= 0.3 is 0 Å². The fraction of sp³-hybridized carbons (Fsp3) is 0.500. The van der Waals surface area contributed by atoms with Gasteiger partial charge in [0.1, 0.15) is 5.76 Å². The molecule has 22 heavy (non-hydrogen) atoms. The highest BCUT2D eigenvalue weighted by Crippen LogP contribution is 2.35. The molecule has 4 nitrogen and oxygen atoms in total. The minimum absolute atomic E-state index is 0.227. The highest BCUT2D eigenvalue weighted by Gasteiger charge is 2.29. The van der Waals surface area contributed by atoms with Gasteiger partial charge in [-0.05, 0) is 36.8 Å². The Balaban J connectivity index is 1.58. The number of carbonyl (C=O) groups excluding carboxylic acids is 1. The van der Waals surface area contributed by atoms with Crippen LogP contribution in [0.25, 0.3) is 0 Å². The minimum atomic E-state index is 0.227. The molecule has 0 N–H and O–H groups in total. The predicted octanol–water partition coefficient (Wildman–Crippen LogP) is 3.81. The lowest BCUT2D eigenvalue weighted by Crippen LogP contribution is -2.40. The molecular weight excluding hydrogens is 316 g/mol. The standard InChI is InChI=1S/C16H20N2O2S2/c1-3-14-13-5-7-22-15(13)4-6-18(14)16(19)10-21-9-12-8-11(2)17-20-12/h5,7-8,14H,3-4,6,9-10H2,1-2H3. The molecule has 3 heterocycles. The Morgan fingerprint density at radius 3 is 3.18 bits per heavy atom. The number of nitrogens with zero attached hydrogens (tertiary/aromatic N) is 2. The molecule has 2 aromatic heterocycles. The van der Waals surface area contributed by atoms with Gasteiger partial charge in [0.05, 0.1) is 23.2 Å². The molecule has 0 saturated carbocycles. The maximum absolute atomic E-state index is 12.6. The first-order valence-corrected chi connectivity index (χ1v) is 9.58. The highest BCUT2D eigenvalue weighted by atomic mass is 32.2. The third-order valence-corrected chi connectivity index (χ3v) is 5.88. The lowest BCUT2D eigenvalue weighted by atomic mass is 9.98. The van der Waals surface area contributed by atoms with E-state index in [1.807, 2.05) is 29.2 Å². The zero-order valence-corrected chi connectivity index (χ0v) is 14.5. The lowest BCUT2D eigenvalue weighted by molar-refractivity contribution is -0.131. The Kier molecular flexibility index (Phi) is 4.88. The molecule has 0 aliphatic carbocycles. The first-order chi connectivity index (χ1) is 10.7. The Morgan fingerprint density at radius 1 is 1.59 bits per heavy atom. The van der Waals surface area contributed by atoms with Crippen LogP contribution in [0.15, 0.2) is 22.0 Å². The van der Waals surface area contributed by atoms with Crippen LogP contribution in [0.1, 0.15) is 41.3 Å². The van der Waals surface area contributed by atoms with E-state index in [0.717, 1.165) is 30.8 Å². The highest BCUT2D eigenvalue weighted by molar-refractivity contribution is 7.99. The summed E-state index contributed by atoms with van der Waals surface area (Å²) in [4.78, 5) is 16.1. The summed E-state index contributed by atoms with van der Waals surface area (Å²) in [5.41, 5.74) is 2.23. The van der Waals surface area contributed by atoms with E-state index in [-0.39, 0.29) is 11.9 Å². The molecule has 1 unspecified atom stereocenters. The van der Waals surface area contributed by atoms with Crippen molar-refractivity contribution in [3.63, 3.8) is 0 Å². The van der Waals surface area contributed by atoms with Gasteiger partial charge in [-0.25, -0.2) is 0 Å². The van der Waals surface area contributed by atoms with Crippen molar-refractivity contribution >= 4 is 29.0 Å². The molecule has 0 bridgehead atoms. The van der Waals surface area contributed by atoms with E-state index >= 15 is 0 Å². The average molecular weight is 336 g/mol. The third kappa shape index (κ3) is 3.22. The number of aryl methyl sites for hydroxylation is 1. The van der Waals surface area contributed by atoms with Gasteiger partial charge in [-0.3, -0.25) is 4.79 Å². The maximum Gasteiger partial charge on any atom is 0.233 e. The van der Waals surface area contributed by atoms with Crippen LogP contribution in [0.3, 0.4) is 0 Å². The largest absolute Gasteiger partial charge is 0.360 e. The summed E-state index contributed by atoms with van der Waals surface area (Å²) >= 11 is 3.41. The topological polar surface area (TPSA) is 46.3 Å². The number of hydrogen-bond acceptors (Lipinski definition) is 5. The summed E-state index contributed by atoms with van der Waals surface area (Å²) < 4.78 is 5.18. The Morgan fingerprint density at radius 2 is 2.45 bits per heavy atom. The minimum Gasteiger partial charge on any atom is -0.360 e. The lowest BCUT2D eigenvalue weighted by Gasteiger charge is -2.35. The normalized spacial score (nSPS) is 17.5. The van der Waals surface area contributed by atoms with Gasteiger partial charge in [-0.15, -0.1) is 23.1 Å². The third-order valence-electron chi connectivity index (χ3n) is 3.95. The van der Waals surface area contributed by atoms with E-state index in [0.29, 0.717) is 11.5 Å². The van der Waals surface area contributed by atoms with E-state index in [2.05, 4.69) is 23.5 Å². The molecule has 6 heteroatoms. The van der Waals surface area contributed by atoms with E-state index in [1.54, 1.807) is 11.8 Å². The van der Waals surface area contributed by atoms with E-state index in [9.17, 15) is 4.79 Å². The first-order valence-electron chi connectivity index (χ1n) is 7.54. The van der Waals surface area contributed by atoms with Crippen LogP contribution in [0.4, 0.5) is 0 Å². The fourth-order valence-corrected chi connectivity index (χ4v) is 4.65. The summed E-state index contributed by atoms with van der Waals surface area (Å²) in [7, 11) is 0. The van der Waals surface area contributed by atoms with Crippen LogP contribution in [0.2, 0.25) is 0 Å². The van der Waals surface area contributed by atoms with E-state index in [1.165, 1.54) is 10.4 Å². The smallest absolute Gasteiger partial charge is 0.233 e. The zero-order valence-electron chi connectivity index (χ0n) is 12.9. The van der Waals surface area contributed by atoms with Crippen molar-refractivity contribution in [3.05, 3.63) is 39.4 Å². The molecule has 118 valence electrons. The van der Waals surface area contributed by atoms with Gasteiger partial charge in [0.15, 0.2) is 0 Å². The number of carbonyl (C=O) groups is 1. The van der Waals surface area contributed by atoms with Gasteiger partial charge in [0.25, 0.3) is 0 Å². The molecule has 2 aromatic rings. The number of thioether (sulfide) groups is 1. The van der Waals surface area contributed by atoms with Gasteiger partial charge in [-0.1, -0.05) is 12.1 Å². The zero-order chi connectivity index (χ0) is 15.5. The second kappa shape index (κ2) is 6.87. The summed E-state index contributed by atoms with van der Waals surface area (Å²) in [5.74, 6) is 2.25. The van der Waals surface area contributed by atoms with Crippen molar-refractivity contribution in [3.8, 4) is 0 Å². The molecule has 3 rings (SSSR count). The second-order valence-electron chi connectivity index (χ2n) is 5.49. The van der Waals surface area contributed by atoms with Gasteiger partial charge in [0.2, 0.25) is 5.91 Å². The van der Waals surface area contributed by atoms with Gasteiger partial charge in [0, 0.05) is 17.5 Å². The van der Waals surface area contributed by atoms with Crippen LogP contribution < -0.4 is 0 Å². The van der Waals surface area contributed by atoms with Crippen LogP contribution >= 0.6 is 23.1 Å². The van der Waals surface area contributed by atoms with Crippen molar-refractivity contribution in [2.45, 2.75) is 38.5 Å². The first kappa shape index (κ1) is 15.6.